The summed E-state index contributed by atoms with van der Waals surface area (Å²) in [5.41, 5.74) is 2.50. The van der Waals surface area contributed by atoms with Crippen LogP contribution in [-0.4, -0.2) is 19.5 Å². The summed E-state index contributed by atoms with van der Waals surface area (Å²) in [6, 6.07) is 14.7. The molecular weight excluding hydrogens is 390 g/mol. The van der Waals surface area contributed by atoms with Gasteiger partial charge in [-0.15, -0.1) is 11.3 Å². The first-order chi connectivity index (χ1) is 12.4. The fraction of sp³-hybridized carbons (Fsp3) is 0.167. The Hall–Kier alpha value is -1.93. The number of nitrogens with zero attached hydrogens (tertiary/aromatic N) is 2. The summed E-state index contributed by atoms with van der Waals surface area (Å²) in [7, 11) is -1.73. The second kappa shape index (κ2) is 7.75. The molecule has 0 spiro atoms. The van der Waals surface area contributed by atoms with Gasteiger partial charge in [-0.05, 0) is 24.3 Å². The summed E-state index contributed by atoms with van der Waals surface area (Å²) in [5.74, 6) is 0. The molecule has 0 unspecified atom stereocenters. The Bertz CT molecular complexity index is 1090. The van der Waals surface area contributed by atoms with Crippen molar-refractivity contribution < 1.29 is 8.42 Å². The smallest absolute Gasteiger partial charge is 0.242 e. The second-order valence-corrected chi connectivity index (χ2v) is 8.54. The number of aromatic nitrogens is 1. The highest BCUT2D eigenvalue weighted by molar-refractivity contribution is 7.89. The van der Waals surface area contributed by atoms with Crippen LogP contribution in [0.5, 0.6) is 0 Å². The summed E-state index contributed by atoms with van der Waals surface area (Å²) in [6.07, 6.45) is 0. The molecule has 0 radical (unpaired) electrons. The third-order valence-corrected chi connectivity index (χ3v) is 6.70. The minimum atomic E-state index is -3.64. The van der Waals surface area contributed by atoms with Crippen molar-refractivity contribution in [2.24, 2.45) is 12.0 Å². The van der Waals surface area contributed by atoms with E-state index in [0.29, 0.717) is 6.54 Å². The summed E-state index contributed by atoms with van der Waals surface area (Å²) >= 11 is 7.61. The Labute approximate surface area is 161 Å². The average Bonchev–Trinajstić information content (AvgIpc) is 2.97. The molecule has 0 amide bonds. The molecule has 1 aromatic heterocycles. The molecule has 3 rings (SSSR count). The van der Waals surface area contributed by atoms with Crippen molar-refractivity contribution in [3.8, 4) is 11.3 Å². The molecule has 3 aromatic rings. The van der Waals surface area contributed by atoms with Gasteiger partial charge in [0.1, 0.15) is 4.90 Å². The van der Waals surface area contributed by atoms with Crippen molar-refractivity contribution in [2.45, 2.75) is 11.8 Å². The minimum Gasteiger partial charge on any atom is -0.320 e. The zero-order valence-electron chi connectivity index (χ0n) is 14.3. The van der Waals surface area contributed by atoms with E-state index < -0.39 is 10.0 Å². The first-order valence-corrected chi connectivity index (χ1v) is 10.7. The topological polar surface area (TPSA) is 63.5 Å². The Morgan fingerprint density at radius 1 is 1.19 bits per heavy atom. The summed E-state index contributed by atoms with van der Waals surface area (Å²) in [5, 5.41) is 2.15. The van der Waals surface area contributed by atoms with E-state index in [2.05, 4.69) is 9.71 Å². The maximum absolute atomic E-state index is 12.3. The Balaban J connectivity index is 2.08. The number of benzene rings is 2. The van der Waals surface area contributed by atoms with Gasteiger partial charge in [0.2, 0.25) is 10.0 Å². The molecule has 0 atom stereocenters. The number of hydrogen-bond acceptors (Lipinski definition) is 4. The van der Waals surface area contributed by atoms with E-state index in [-0.39, 0.29) is 9.92 Å². The van der Waals surface area contributed by atoms with E-state index in [0.717, 1.165) is 21.7 Å². The molecule has 5 nitrogen and oxygen atoms in total. The van der Waals surface area contributed by atoms with Gasteiger partial charge >= 0.3 is 0 Å². The summed E-state index contributed by atoms with van der Waals surface area (Å²) < 4.78 is 29.1. The van der Waals surface area contributed by atoms with Crippen molar-refractivity contribution in [3.05, 3.63) is 63.7 Å². The lowest BCUT2D eigenvalue weighted by Gasteiger charge is -2.09. The Kier molecular flexibility index (Phi) is 5.62. The SMILES string of the molecule is CCNS(=O)(=O)c1cc(-c2csc(=Nc3ccccc3)n2C)ccc1Cl. The van der Waals surface area contributed by atoms with Crippen LogP contribution in [0, 0.1) is 0 Å². The fourth-order valence-corrected chi connectivity index (χ4v) is 4.97. The van der Waals surface area contributed by atoms with Gasteiger partial charge < -0.3 is 4.57 Å². The maximum Gasteiger partial charge on any atom is 0.242 e. The van der Waals surface area contributed by atoms with Crippen molar-refractivity contribution in [3.63, 3.8) is 0 Å². The molecule has 1 heterocycles. The van der Waals surface area contributed by atoms with Gasteiger partial charge in [-0.1, -0.05) is 42.8 Å². The Morgan fingerprint density at radius 3 is 2.62 bits per heavy atom. The number of para-hydroxylation sites is 1. The first kappa shape index (κ1) is 18.8. The molecular formula is C18H18ClN3O2S2. The lowest BCUT2D eigenvalue weighted by atomic mass is 10.2. The molecule has 0 fully saturated rings. The van der Waals surface area contributed by atoms with Crippen molar-refractivity contribution in [1.29, 1.82) is 0 Å². The summed E-state index contributed by atoms with van der Waals surface area (Å²) in [4.78, 5) is 5.52. The van der Waals surface area contributed by atoms with Crippen LogP contribution in [0.15, 0.2) is 63.8 Å². The highest BCUT2D eigenvalue weighted by atomic mass is 35.5. The molecule has 2 aromatic carbocycles. The van der Waals surface area contributed by atoms with E-state index in [1.54, 1.807) is 19.1 Å². The van der Waals surface area contributed by atoms with Crippen LogP contribution in [0.4, 0.5) is 5.69 Å². The van der Waals surface area contributed by atoms with Crippen LogP contribution in [0.1, 0.15) is 6.92 Å². The van der Waals surface area contributed by atoms with Gasteiger partial charge in [-0.3, -0.25) is 0 Å². The number of thiazole rings is 1. The van der Waals surface area contributed by atoms with Gasteiger partial charge in [0.05, 0.1) is 16.4 Å². The van der Waals surface area contributed by atoms with Crippen LogP contribution in [0.25, 0.3) is 11.3 Å². The first-order valence-electron chi connectivity index (χ1n) is 7.96. The van der Waals surface area contributed by atoms with Crippen molar-refractivity contribution in [1.82, 2.24) is 9.29 Å². The van der Waals surface area contributed by atoms with Crippen LogP contribution < -0.4 is 9.52 Å². The minimum absolute atomic E-state index is 0.0752. The average molecular weight is 408 g/mol. The largest absolute Gasteiger partial charge is 0.320 e. The monoisotopic (exact) mass is 407 g/mol. The van der Waals surface area contributed by atoms with Gasteiger partial charge in [-0.25, -0.2) is 18.1 Å². The van der Waals surface area contributed by atoms with Crippen molar-refractivity contribution >= 4 is 38.6 Å². The van der Waals surface area contributed by atoms with Gasteiger partial charge in [-0.2, -0.15) is 0 Å². The summed E-state index contributed by atoms with van der Waals surface area (Å²) in [6.45, 7) is 2.03. The number of halogens is 1. The maximum atomic E-state index is 12.3. The molecule has 0 bridgehead atoms. The van der Waals surface area contributed by atoms with E-state index in [4.69, 9.17) is 11.6 Å². The standard InChI is InChI=1S/C18H18ClN3O2S2/c1-3-20-26(23,24)17-11-13(9-10-15(17)19)16-12-25-18(22(16)2)21-14-7-5-4-6-8-14/h4-12,20H,3H2,1-2H3. The quantitative estimate of drug-likeness (QED) is 0.696. The normalized spacial score (nSPS) is 12.5. The van der Waals surface area contributed by atoms with Crippen LogP contribution >= 0.6 is 22.9 Å². The number of sulfonamides is 1. The van der Waals surface area contributed by atoms with E-state index in [1.165, 1.54) is 11.3 Å². The molecule has 0 saturated carbocycles. The molecule has 0 aliphatic carbocycles. The molecule has 0 saturated heterocycles. The molecule has 136 valence electrons. The number of hydrogen-bond donors (Lipinski definition) is 1. The van der Waals surface area contributed by atoms with E-state index in [9.17, 15) is 8.42 Å². The van der Waals surface area contributed by atoms with Crippen LogP contribution in [0.2, 0.25) is 5.02 Å². The molecule has 8 heteroatoms. The molecule has 0 aliphatic heterocycles. The highest BCUT2D eigenvalue weighted by Gasteiger charge is 2.18. The fourth-order valence-electron chi connectivity index (χ4n) is 2.48. The van der Waals surface area contributed by atoms with Crippen molar-refractivity contribution in [2.75, 3.05) is 6.54 Å². The highest BCUT2D eigenvalue weighted by Crippen LogP contribution is 2.28. The number of nitrogens with one attached hydrogen (secondary N) is 1. The second-order valence-electron chi connectivity index (χ2n) is 5.56. The number of rotatable bonds is 5. The zero-order chi connectivity index (χ0) is 18.7. The zero-order valence-corrected chi connectivity index (χ0v) is 16.7. The third kappa shape index (κ3) is 3.91. The van der Waals surface area contributed by atoms with Gasteiger partial charge in [0.15, 0.2) is 4.80 Å². The lowest BCUT2D eigenvalue weighted by molar-refractivity contribution is 0.584. The van der Waals surface area contributed by atoms with E-state index >= 15 is 0 Å². The molecule has 0 aliphatic rings. The van der Waals surface area contributed by atoms with Gasteiger partial charge in [0, 0.05) is 24.5 Å². The Morgan fingerprint density at radius 2 is 1.92 bits per heavy atom. The third-order valence-electron chi connectivity index (χ3n) is 3.76. The van der Waals surface area contributed by atoms with Crippen LogP contribution in [-0.2, 0) is 17.1 Å². The van der Waals surface area contributed by atoms with Crippen LogP contribution in [0.3, 0.4) is 0 Å². The predicted octanol–water partition coefficient (Wildman–Crippen LogP) is 3.94. The predicted molar refractivity (Wildman–Crippen MR) is 106 cm³/mol. The molecule has 1 N–H and O–H groups in total. The lowest BCUT2D eigenvalue weighted by Crippen LogP contribution is -2.23. The molecule has 26 heavy (non-hydrogen) atoms. The van der Waals surface area contributed by atoms with Gasteiger partial charge in [0.25, 0.3) is 0 Å². The van der Waals surface area contributed by atoms with E-state index in [1.807, 2.05) is 53.4 Å².